The number of fused-ring (bicyclic) bond motifs is 2. The first-order valence-corrected chi connectivity index (χ1v) is 9.87. The fourth-order valence-electron chi connectivity index (χ4n) is 3.14. The standard InChI is InChI=1S/C20H19ClN6O3/c1-3-4-11-26(2)20(29)30-19-16-15(22-9-10-23-16)18(28)27(19)14-8-6-12-5-7-13(21)24-17(12)25-14/h5-10,19H,3-4,11H2,1-2H3. The first kappa shape index (κ1) is 20.0. The molecular formula is C20H19ClN6O3. The summed E-state index contributed by atoms with van der Waals surface area (Å²) in [5.41, 5.74) is 0.753. The van der Waals surface area contributed by atoms with Crippen molar-refractivity contribution in [3.63, 3.8) is 0 Å². The third-order valence-corrected chi connectivity index (χ3v) is 4.95. The molecular weight excluding hydrogens is 408 g/mol. The third kappa shape index (κ3) is 3.63. The van der Waals surface area contributed by atoms with Gasteiger partial charge in [0.05, 0.1) is 0 Å². The first-order valence-electron chi connectivity index (χ1n) is 9.49. The van der Waals surface area contributed by atoms with Crippen molar-refractivity contribution in [2.45, 2.75) is 26.0 Å². The Morgan fingerprint density at radius 2 is 1.97 bits per heavy atom. The van der Waals surface area contributed by atoms with Crippen LogP contribution in [0.25, 0.3) is 11.0 Å². The maximum atomic E-state index is 13.1. The normalized spacial score (nSPS) is 15.4. The Bertz CT molecular complexity index is 1120. The van der Waals surface area contributed by atoms with E-state index >= 15 is 0 Å². The van der Waals surface area contributed by atoms with Crippen LogP contribution in [0.4, 0.5) is 10.6 Å². The predicted molar refractivity (Wildman–Crippen MR) is 110 cm³/mol. The summed E-state index contributed by atoms with van der Waals surface area (Å²) in [4.78, 5) is 45.4. The van der Waals surface area contributed by atoms with E-state index in [1.54, 1.807) is 31.3 Å². The number of ether oxygens (including phenoxy) is 1. The lowest BCUT2D eigenvalue weighted by atomic mass is 10.3. The second kappa shape index (κ2) is 8.19. The van der Waals surface area contributed by atoms with E-state index < -0.39 is 18.2 Å². The lowest BCUT2D eigenvalue weighted by Gasteiger charge is -2.26. The molecule has 3 aromatic rings. The quantitative estimate of drug-likeness (QED) is 0.574. The third-order valence-electron chi connectivity index (χ3n) is 4.74. The number of anilines is 1. The fourth-order valence-corrected chi connectivity index (χ4v) is 3.28. The minimum absolute atomic E-state index is 0.118. The molecule has 2 amide bonds. The Hall–Kier alpha value is -3.33. The van der Waals surface area contributed by atoms with Crippen LogP contribution in [0.1, 0.15) is 42.2 Å². The molecule has 10 heteroatoms. The van der Waals surface area contributed by atoms with Gasteiger partial charge in [0, 0.05) is 31.4 Å². The van der Waals surface area contributed by atoms with Gasteiger partial charge in [0.25, 0.3) is 5.91 Å². The number of amides is 2. The Labute approximate surface area is 177 Å². The van der Waals surface area contributed by atoms with Gasteiger partial charge in [0.15, 0.2) is 11.3 Å². The van der Waals surface area contributed by atoms with Crippen LogP contribution in [0.5, 0.6) is 0 Å². The topological polar surface area (TPSA) is 101 Å². The molecule has 1 atom stereocenters. The van der Waals surface area contributed by atoms with Gasteiger partial charge >= 0.3 is 6.09 Å². The molecule has 9 nitrogen and oxygen atoms in total. The summed E-state index contributed by atoms with van der Waals surface area (Å²) in [5.74, 6) is -0.197. The summed E-state index contributed by atoms with van der Waals surface area (Å²) in [6.45, 7) is 2.58. The first-order chi connectivity index (χ1) is 14.5. The van der Waals surface area contributed by atoms with E-state index in [0.717, 1.165) is 18.2 Å². The average molecular weight is 427 g/mol. The molecule has 0 saturated carbocycles. The fraction of sp³-hybridized carbons (Fsp3) is 0.300. The molecule has 0 N–H and O–H groups in total. The molecule has 0 radical (unpaired) electrons. The summed E-state index contributed by atoms with van der Waals surface area (Å²) < 4.78 is 5.67. The highest BCUT2D eigenvalue weighted by Crippen LogP contribution is 2.36. The number of nitrogens with zero attached hydrogens (tertiary/aromatic N) is 6. The van der Waals surface area contributed by atoms with Gasteiger partial charge in [-0.15, -0.1) is 0 Å². The number of pyridine rings is 2. The molecule has 3 aromatic heterocycles. The van der Waals surface area contributed by atoms with Gasteiger partial charge in [0.2, 0.25) is 6.23 Å². The van der Waals surface area contributed by atoms with E-state index in [1.807, 2.05) is 6.92 Å². The molecule has 154 valence electrons. The number of rotatable bonds is 5. The summed E-state index contributed by atoms with van der Waals surface area (Å²) in [6.07, 6.45) is 3.01. The summed E-state index contributed by atoms with van der Waals surface area (Å²) >= 11 is 5.98. The number of hydrogen-bond acceptors (Lipinski definition) is 7. The zero-order chi connectivity index (χ0) is 21.3. The van der Waals surface area contributed by atoms with Gasteiger partial charge in [-0.25, -0.2) is 24.6 Å². The van der Waals surface area contributed by atoms with Crippen molar-refractivity contribution in [1.82, 2.24) is 24.8 Å². The molecule has 0 spiro atoms. The molecule has 1 aliphatic heterocycles. The number of aromatic nitrogens is 4. The molecule has 0 fully saturated rings. The van der Waals surface area contributed by atoms with Crippen molar-refractivity contribution in [1.29, 1.82) is 0 Å². The van der Waals surface area contributed by atoms with Crippen LogP contribution in [0.2, 0.25) is 5.15 Å². The molecule has 0 aliphatic carbocycles. The predicted octanol–water partition coefficient (Wildman–Crippen LogP) is 3.60. The summed E-state index contributed by atoms with van der Waals surface area (Å²) in [5, 5.41) is 1.04. The van der Waals surface area contributed by atoms with Gasteiger partial charge in [-0.1, -0.05) is 24.9 Å². The minimum atomic E-state index is -1.08. The zero-order valence-corrected chi connectivity index (χ0v) is 17.2. The highest BCUT2D eigenvalue weighted by Gasteiger charge is 2.44. The maximum Gasteiger partial charge on any atom is 0.411 e. The Morgan fingerprint density at radius 3 is 2.77 bits per heavy atom. The van der Waals surface area contributed by atoms with Gasteiger partial charge in [-0.05, 0) is 30.7 Å². The van der Waals surface area contributed by atoms with Crippen LogP contribution in [-0.2, 0) is 4.74 Å². The van der Waals surface area contributed by atoms with Crippen LogP contribution >= 0.6 is 11.6 Å². The summed E-state index contributed by atoms with van der Waals surface area (Å²) in [7, 11) is 1.65. The second-order valence-corrected chi connectivity index (χ2v) is 7.21. The van der Waals surface area contributed by atoms with E-state index in [9.17, 15) is 9.59 Å². The van der Waals surface area contributed by atoms with Gasteiger partial charge in [-0.3, -0.25) is 9.78 Å². The number of carbonyl (C=O) groups is 2. The number of hydrogen-bond donors (Lipinski definition) is 0. The van der Waals surface area contributed by atoms with Crippen LogP contribution in [0, 0.1) is 0 Å². The molecule has 0 bridgehead atoms. The monoisotopic (exact) mass is 426 g/mol. The van der Waals surface area contributed by atoms with Crippen molar-refractivity contribution in [2.75, 3.05) is 18.5 Å². The molecule has 30 heavy (non-hydrogen) atoms. The lowest BCUT2D eigenvalue weighted by Crippen LogP contribution is -2.36. The van der Waals surface area contributed by atoms with Crippen molar-refractivity contribution < 1.29 is 14.3 Å². The van der Waals surface area contributed by atoms with Crippen LogP contribution < -0.4 is 4.90 Å². The van der Waals surface area contributed by atoms with E-state index in [1.165, 1.54) is 22.2 Å². The molecule has 1 aliphatic rings. The minimum Gasteiger partial charge on any atom is -0.419 e. The highest BCUT2D eigenvalue weighted by atomic mass is 35.5. The van der Waals surface area contributed by atoms with Crippen LogP contribution in [0.15, 0.2) is 36.7 Å². The molecule has 4 rings (SSSR count). The van der Waals surface area contributed by atoms with Crippen molar-refractivity contribution in [3.8, 4) is 0 Å². The molecule has 0 aromatic carbocycles. The van der Waals surface area contributed by atoms with E-state index in [2.05, 4.69) is 19.9 Å². The second-order valence-electron chi connectivity index (χ2n) is 6.83. The zero-order valence-electron chi connectivity index (χ0n) is 16.4. The molecule has 1 unspecified atom stereocenters. The highest BCUT2D eigenvalue weighted by molar-refractivity contribution is 6.29. The van der Waals surface area contributed by atoms with Crippen molar-refractivity contribution in [3.05, 3.63) is 53.2 Å². The number of halogens is 1. The Morgan fingerprint density at radius 1 is 1.20 bits per heavy atom. The van der Waals surface area contributed by atoms with Crippen molar-refractivity contribution >= 4 is 40.5 Å². The average Bonchev–Trinajstić information content (AvgIpc) is 3.03. The number of unbranched alkanes of at least 4 members (excludes halogenated alkanes) is 1. The largest absolute Gasteiger partial charge is 0.419 e. The SMILES string of the molecule is CCCCN(C)C(=O)OC1c2nccnc2C(=O)N1c1ccc2ccc(Cl)nc2n1. The van der Waals surface area contributed by atoms with E-state index in [4.69, 9.17) is 16.3 Å². The lowest BCUT2D eigenvalue weighted by molar-refractivity contribution is 0.0642. The number of carbonyl (C=O) groups excluding carboxylic acids is 2. The van der Waals surface area contributed by atoms with Gasteiger partial charge in [-0.2, -0.15) is 0 Å². The van der Waals surface area contributed by atoms with Crippen molar-refractivity contribution in [2.24, 2.45) is 0 Å². The summed E-state index contributed by atoms with van der Waals surface area (Å²) in [6, 6.07) is 6.87. The van der Waals surface area contributed by atoms with Crippen LogP contribution in [-0.4, -0.2) is 50.4 Å². The smallest absolute Gasteiger partial charge is 0.411 e. The molecule has 0 saturated heterocycles. The maximum absolute atomic E-state index is 13.1. The van der Waals surface area contributed by atoms with E-state index in [0.29, 0.717) is 12.2 Å². The molecule has 4 heterocycles. The van der Waals surface area contributed by atoms with Crippen LogP contribution in [0.3, 0.4) is 0 Å². The van der Waals surface area contributed by atoms with Gasteiger partial charge < -0.3 is 9.64 Å². The Balaban J connectivity index is 1.72. The van der Waals surface area contributed by atoms with E-state index in [-0.39, 0.29) is 22.4 Å². The Kier molecular flexibility index (Phi) is 5.45. The van der Waals surface area contributed by atoms with Gasteiger partial charge in [0.1, 0.15) is 16.7 Å².